The van der Waals surface area contributed by atoms with Gasteiger partial charge >= 0.3 is 6.03 Å². The Labute approximate surface area is 223 Å². The number of benzene rings is 2. The minimum absolute atomic E-state index is 0.0327. The van der Waals surface area contributed by atoms with E-state index in [1.165, 1.54) is 11.1 Å². The molecular weight excluding hydrogens is 497 g/mol. The fourth-order valence-electron chi connectivity index (χ4n) is 4.87. The molecule has 192 valence electrons. The molecule has 2 atom stereocenters. The number of amides is 2. The number of rotatable bonds is 5. The summed E-state index contributed by atoms with van der Waals surface area (Å²) < 4.78 is 11.2. The molecule has 36 heavy (non-hydrogen) atoms. The normalized spacial score (nSPS) is 20.8. The maximum absolute atomic E-state index is 13.5. The third-order valence-corrected chi connectivity index (χ3v) is 7.47. The van der Waals surface area contributed by atoms with Gasteiger partial charge in [-0.25, -0.2) is 9.79 Å². The third-order valence-electron chi connectivity index (χ3n) is 6.90. The van der Waals surface area contributed by atoms with Gasteiger partial charge in [0, 0.05) is 42.7 Å². The second-order valence-electron chi connectivity index (χ2n) is 9.24. The Kier molecular flexibility index (Phi) is 8.94. The predicted octanol–water partition coefficient (Wildman–Crippen LogP) is 6.13. The monoisotopic (exact) mass is 529 g/mol. The summed E-state index contributed by atoms with van der Waals surface area (Å²) in [4.78, 5) is 22.0. The third kappa shape index (κ3) is 6.23. The number of methoxy groups -OCH3 is 1. The summed E-state index contributed by atoms with van der Waals surface area (Å²) in [5.74, 6) is 0.591. The number of carbonyl (C=O) groups is 1. The Bertz CT molecular complexity index is 1110. The van der Waals surface area contributed by atoms with E-state index in [0.29, 0.717) is 66.6 Å². The van der Waals surface area contributed by atoms with Gasteiger partial charge in [-0.2, -0.15) is 0 Å². The first-order valence-electron chi connectivity index (χ1n) is 12.4. The number of hydrogen-bond acceptors (Lipinski definition) is 4. The first kappa shape index (κ1) is 26.5. The zero-order valence-electron chi connectivity index (χ0n) is 20.9. The van der Waals surface area contributed by atoms with Crippen LogP contribution >= 0.6 is 23.2 Å². The highest BCUT2D eigenvalue weighted by Gasteiger charge is 2.36. The number of carbonyl (C=O) groups excluding carboxylic acids is 1. The lowest BCUT2D eigenvalue weighted by atomic mass is 9.84. The van der Waals surface area contributed by atoms with Gasteiger partial charge in [-0.1, -0.05) is 61.0 Å². The van der Waals surface area contributed by atoms with Crippen LogP contribution in [0.25, 0.3) is 5.70 Å². The van der Waals surface area contributed by atoms with Crippen LogP contribution in [0.2, 0.25) is 10.0 Å². The molecule has 2 fully saturated rings. The second kappa shape index (κ2) is 12.1. The van der Waals surface area contributed by atoms with Crippen molar-refractivity contribution >= 4 is 40.8 Å². The van der Waals surface area contributed by atoms with Crippen LogP contribution in [0.5, 0.6) is 0 Å². The fraction of sp³-hybridized carbons (Fsp3) is 0.429. The number of piperidine rings is 1. The SMILES string of the molecule is C=C(N=C(OC)C1CC(c2ccc(CC)cc2)CN(C(=O)N2CCOCC2)C1)c1cc(Cl)ccc1Cl. The van der Waals surface area contributed by atoms with Crippen LogP contribution in [0.1, 0.15) is 36.0 Å². The van der Waals surface area contributed by atoms with Crippen molar-refractivity contribution < 1.29 is 14.3 Å². The summed E-state index contributed by atoms with van der Waals surface area (Å²) in [7, 11) is 1.61. The number of morpholine rings is 1. The largest absolute Gasteiger partial charge is 0.484 e. The minimum atomic E-state index is -0.0979. The molecule has 0 radical (unpaired) electrons. The van der Waals surface area contributed by atoms with Gasteiger partial charge in [0.05, 0.1) is 37.0 Å². The maximum Gasteiger partial charge on any atom is 0.320 e. The van der Waals surface area contributed by atoms with Gasteiger partial charge in [0.1, 0.15) is 0 Å². The molecule has 2 aromatic carbocycles. The van der Waals surface area contributed by atoms with Crippen molar-refractivity contribution in [3.8, 4) is 0 Å². The van der Waals surface area contributed by atoms with Crippen molar-refractivity contribution in [2.24, 2.45) is 10.9 Å². The Hall–Kier alpha value is -2.54. The molecule has 2 saturated heterocycles. The highest BCUT2D eigenvalue weighted by atomic mass is 35.5. The van der Waals surface area contributed by atoms with Gasteiger partial charge in [-0.15, -0.1) is 0 Å². The average Bonchev–Trinajstić information content (AvgIpc) is 2.92. The van der Waals surface area contributed by atoms with Crippen molar-refractivity contribution in [1.82, 2.24) is 9.80 Å². The minimum Gasteiger partial charge on any atom is -0.484 e. The lowest BCUT2D eigenvalue weighted by molar-refractivity contribution is 0.0391. The van der Waals surface area contributed by atoms with E-state index >= 15 is 0 Å². The predicted molar refractivity (Wildman–Crippen MR) is 146 cm³/mol. The standard InChI is InChI=1S/C28H33Cl2N3O3/c1-4-20-5-7-21(8-6-20)22-15-23(18-33(17-22)28(34)32-11-13-36-14-12-32)27(35-3)31-19(2)25-16-24(29)9-10-26(25)30/h5-10,16,22-23H,2,4,11-15,17-18H2,1,3H3. The van der Waals surface area contributed by atoms with E-state index in [2.05, 4.69) is 37.8 Å². The summed E-state index contributed by atoms with van der Waals surface area (Å²) in [6.07, 6.45) is 1.80. The Morgan fingerprint density at radius 3 is 2.50 bits per heavy atom. The molecule has 4 rings (SSSR count). The molecule has 2 aromatic rings. The van der Waals surface area contributed by atoms with Gasteiger partial charge in [0.2, 0.25) is 0 Å². The summed E-state index contributed by atoms with van der Waals surface area (Å²) >= 11 is 12.6. The lowest BCUT2D eigenvalue weighted by Crippen LogP contribution is -2.53. The van der Waals surface area contributed by atoms with Crippen molar-refractivity contribution in [2.45, 2.75) is 25.7 Å². The fourth-order valence-corrected chi connectivity index (χ4v) is 5.27. The number of hydrogen-bond donors (Lipinski definition) is 0. The van der Waals surface area contributed by atoms with Crippen LogP contribution in [-0.2, 0) is 15.9 Å². The molecule has 0 saturated carbocycles. The molecule has 0 aliphatic carbocycles. The van der Waals surface area contributed by atoms with Gasteiger partial charge in [-0.05, 0) is 42.2 Å². The molecule has 2 unspecified atom stereocenters. The summed E-state index contributed by atoms with van der Waals surface area (Å²) in [5.41, 5.74) is 3.63. The van der Waals surface area contributed by atoms with E-state index in [1.807, 2.05) is 9.80 Å². The quantitative estimate of drug-likeness (QED) is 0.345. The van der Waals surface area contributed by atoms with Crippen molar-refractivity contribution in [1.29, 1.82) is 0 Å². The van der Waals surface area contributed by atoms with Crippen LogP contribution in [0.15, 0.2) is 54.0 Å². The molecule has 8 heteroatoms. The highest BCUT2D eigenvalue weighted by molar-refractivity contribution is 6.34. The highest BCUT2D eigenvalue weighted by Crippen LogP contribution is 2.34. The van der Waals surface area contributed by atoms with Gasteiger partial charge in [-0.3, -0.25) is 0 Å². The Balaban J connectivity index is 1.62. The number of likely N-dealkylation sites (tertiary alicyclic amines) is 1. The molecule has 2 heterocycles. The zero-order valence-corrected chi connectivity index (χ0v) is 22.4. The van der Waals surface area contributed by atoms with E-state index in [-0.39, 0.29) is 17.9 Å². The summed E-state index contributed by atoms with van der Waals surface area (Å²) in [6, 6.07) is 13.9. The number of aryl methyl sites for hydroxylation is 1. The van der Waals surface area contributed by atoms with E-state index < -0.39 is 0 Å². The summed E-state index contributed by atoms with van der Waals surface area (Å²) in [6.45, 7) is 9.77. The smallest absolute Gasteiger partial charge is 0.320 e. The molecule has 6 nitrogen and oxygen atoms in total. The summed E-state index contributed by atoms with van der Waals surface area (Å²) in [5, 5.41) is 1.07. The Morgan fingerprint density at radius 2 is 1.83 bits per heavy atom. The molecule has 0 aromatic heterocycles. The van der Waals surface area contributed by atoms with Crippen molar-refractivity contribution in [2.75, 3.05) is 46.5 Å². The lowest BCUT2D eigenvalue weighted by Gasteiger charge is -2.41. The van der Waals surface area contributed by atoms with Crippen LogP contribution in [0.3, 0.4) is 0 Å². The zero-order chi connectivity index (χ0) is 25.7. The average molecular weight is 530 g/mol. The van der Waals surface area contributed by atoms with Crippen molar-refractivity contribution in [3.63, 3.8) is 0 Å². The van der Waals surface area contributed by atoms with Gasteiger partial charge < -0.3 is 19.3 Å². The van der Waals surface area contributed by atoms with Crippen LogP contribution in [0.4, 0.5) is 4.79 Å². The molecule has 2 aliphatic rings. The second-order valence-corrected chi connectivity index (χ2v) is 10.1. The molecule has 0 spiro atoms. The number of ether oxygens (including phenoxy) is 2. The first-order chi connectivity index (χ1) is 17.4. The molecule has 0 bridgehead atoms. The van der Waals surface area contributed by atoms with Crippen LogP contribution in [-0.4, -0.2) is 68.2 Å². The number of halogens is 2. The molecule has 2 amide bonds. The maximum atomic E-state index is 13.5. The molecule has 0 N–H and O–H groups in total. The van der Waals surface area contributed by atoms with Crippen LogP contribution in [0, 0.1) is 5.92 Å². The number of aliphatic imine (C=N–C) groups is 1. The number of urea groups is 1. The van der Waals surface area contributed by atoms with E-state index in [1.54, 1.807) is 25.3 Å². The van der Waals surface area contributed by atoms with E-state index in [4.69, 9.17) is 37.7 Å². The molecular formula is C28H33Cl2N3O3. The van der Waals surface area contributed by atoms with Gasteiger partial charge in [0.25, 0.3) is 0 Å². The molecule has 2 aliphatic heterocycles. The van der Waals surface area contributed by atoms with Crippen LogP contribution < -0.4 is 0 Å². The first-order valence-corrected chi connectivity index (χ1v) is 13.1. The van der Waals surface area contributed by atoms with E-state index in [0.717, 1.165) is 12.8 Å². The van der Waals surface area contributed by atoms with Gasteiger partial charge in [0.15, 0.2) is 5.90 Å². The number of nitrogens with zero attached hydrogens (tertiary/aromatic N) is 3. The van der Waals surface area contributed by atoms with E-state index in [9.17, 15) is 4.79 Å². The topological polar surface area (TPSA) is 54.4 Å². The van der Waals surface area contributed by atoms with Crippen molar-refractivity contribution in [3.05, 3.63) is 75.8 Å². The Morgan fingerprint density at radius 1 is 1.11 bits per heavy atom.